The van der Waals surface area contributed by atoms with Crippen LogP contribution in [0.1, 0.15) is 42.6 Å². The first kappa shape index (κ1) is 17.8. The maximum Gasteiger partial charge on any atom is 0.185 e. The lowest BCUT2D eigenvalue weighted by Gasteiger charge is -2.12. The van der Waals surface area contributed by atoms with E-state index < -0.39 is 0 Å². The van der Waals surface area contributed by atoms with Crippen LogP contribution in [0.5, 0.6) is 11.5 Å². The van der Waals surface area contributed by atoms with E-state index in [0.717, 1.165) is 18.4 Å². The van der Waals surface area contributed by atoms with Crippen molar-refractivity contribution in [1.82, 2.24) is 0 Å². The van der Waals surface area contributed by atoms with Crippen LogP contribution in [0.25, 0.3) is 6.08 Å². The van der Waals surface area contributed by atoms with E-state index in [0.29, 0.717) is 30.3 Å². The second-order valence-electron chi connectivity index (χ2n) is 5.47. The number of hydrogen-bond acceptors (Lipinski definition) is 3. The summed E-state index contributed by atoms with van der Waals surface area (Å²) >= 11 is 0. The van der Waals surface area contributed by atoms with Gasteiger partial charge in [-0.1, -0.05) is 50.3 Å². The number of ketones is 1. The summed E-state index contributed by atoms with van der Waals surface area (Å²) in [5.74, 6) is 1.26. The number of hydrogen-bond donors (Lipinski definition) is 0. The van der Waals surface area contributed by atoms with E-state index in [1.165, 1.54) is 0 Å². The van der Waals surface area contributed by atoms with Crippen molar-refractivity contribution in [1.29, 1.82) is 0 Å². The molecule has 2 aromatic rings. The molecule has 0 aliphatic heterocycles. The third-order valence-corrected chi connectivity index (χ3v) is 3.38. The summed E-state index contributed by atoms with van der Waals surface area (Å²) in [7, 11) is 0. The summed E-state index contributed by atoms with van der Waals surface area (Å²) < 4.78 is 11.4. The minimum absolute atomic E-state index is 0.0535. The Bertz CT molecular complexity index is 675. The van der Waals surface area contributed by atoms with Gasteiger partial charge < -0.3 is 9.47 Å². The molecule has 0 aliphatic rings. The van der Waals surface area contributed by atoms with Gasteiger partial charge in [-0.25, -0.2) is 0 Å². The molecule has 0 N–H and O–H groups in total. The maximum absolute atomic E-state index is 12.4. The molecule has 0 heterocycles. The third kappa shape index (κ3) is 5.27. The van der Waals surface area contributed by atoms with E-state index in [4.69, 9.17) is 9.47 Å². The normalized spacial score (nSPS) is 10.8. The number of allylic oxidation sites excluding steroid dienone is 1. The van der Waals surface area contributed by atoms with Crippen molar-refractivity contribution in [3.63, 3.8) is 0 Å². The molecule has 0 aliphatic carbocycles. The monoisotopic (exact) mass is 324 g/mol. The quantitative estimate of drug-likeness (QED) is 0.472. The van der Waals surface area contributed by atoms with Crippen LogP contribution in [0.4, 0.5) is 0 Å². The van der Waals surface area contributed by atoms with Crippen LogP contribution in [0.15, 0.2) is 54.6 Å². The number of carbonyl (C=O) groups is 1. The molecule has 3 nitrogen and oxygen atoms in total. The molecule has 126 valence electrons. The smallest absolute Gasteiger partial charge is 0.185 e. The van der Waals surface area contributed by atoms with Gasteiger partial charge in [0.2, 0.25) is 0 Å². The van der Waals surface area contributed by atoms with Crippen LogP contribution in [0, 0.1) is 0 Å². The Morgan fingerprint density at radius 3 is 2.25 bits per heavy atom. The predicted molar refractivity (Wildman–Crippen MR) is 97.8 cm³/mol. The highest BCUT2D eigenvalue weighted by molar-refractivity contribution is 6.07. The van der Waals surface area contributed by atoms with Gasteiger partial charge in [-0.15, -0.1) is 0 Å². The summed E-state index contributed by atoms with van der Waals surface area (Å²) in [6.45, 7) is 5.33. The Hall–Kier alpha value is -2.55. The minimum Gasteiger partial charge on any atom is -0.490 e. The van der Waals surface area contributed by atoms with Crippen molar-refractivity contribution in [2.45, 2.75) is 26.7 Å². The largest absolute Gasteiger partial charge is 0.490 e. The molecule has 0 radical (unpaired) electrons. The molecule has 2 aromatic carbocycles. The number of benzene rings is 2. The van der Waals surface area contributed by atoms with Crippen LogP contribution in [0.3, 0.4) is 0 Å². The first-order chi connectivity index (χ1) is 11.7. The zero-order valence-electron chi connectivity index (χ0n) is 14.3. The SMILES string of the molecule is CCCOc1ccc(C(=O)/C=C/c2ccccc2)cc1OCCC. The van der Waals surface area contributed by atoms with Gasteiger partial charge in [0.05, 0.1) is 13.2 Å². The fraction of sp³-hybridized carbons (Fsp3) is 0.286. The standard InChI is InChI=1S/C21H24O3/c1-3-14-23-20-13-11-18(16-21(20)24-15-4-2)19(22)12-10-17-8-6-5-7-9-17/h5-13,16H,3-4,14-15H2,1-2H3/b12-10+. The fourth-order valence-electron chi connectivity index (χ4n) is 2.15. The highest BCUT2D eigenvalue weighted by Crippen LogP contribution is 2.29. The van der Waals surface area contributed by atoms with Gasteiger partial charge in [-0.2, -0.15) is 0 Å². The van der Waals surface area contributed by atoms with Gasteiger partial charge in [-0.3, -0.25) is 4.79 Å². The van der Waals surface area contributed by atoms with E-state index in [-0.39, 0.29) is 5.78 Å². The summed E-state index contributed by atoms with van der Waals surface area (Å²) in [6, 6.07) is 15.1. The average Bonchev–Trinajstić information content (AvgIpc) is 2.63. The Morgan fingerprint density at radius 2 is 1.58 bits per heavy atom. The second-order valence-corrected chi connectivity index (χ2v) is 5.47. The van der Waals surface area contributed by atoms with Gasteiger partial charge in [0.1, 0.15) is 0 Å². The van der Waals surface area contributed by atoms with Gasteiger partial charge >= 0.3 is 0 Å². The molecule has 0 aromatic heterocycles. The molecule has 0 saturated heterocycles. The highest BCUT2D eigenvalue weighted by atomic mass is 16.5. The number of rotatable bonds is 9. The first-order valence-corrected chi connectivity index (χ1v) is 8.41. The van der Waals surface area contributed by atoms with Crippen LogP contribution >= 0.6 is 0 Å². The number of carbonyl (C=O) groups excluding carboxylic acids is 1. The Morgan fingerprint density at radius 1 is 0.917 bits per heavy atom. The molecule has 0 fully saturated rings. The highest BCUT2D eigenvalue weighted by Gasteiger charge is 2.10. The van der Waals surface area contributed by atoms with Crippen LogP contribution in [0.2, 0.25) is 0 Å². The average molecular weight is 324 g/mol. The van der Waals surface area contributed by atoms with Crippen LogP contribution in [-0.4, -0.2) is 19.0 Å². The van der Waals surface area contributed by atoms with Crippen molar-refractivity contribution >= 4 is 11.9 Å². The van der Waals surface area contributed by atoms with Gasteiger partial charge in [0.15, 0.2) is 17.3 Å². The molecule has 24 heavy (non-hydrogen) atoms. The zero-order valence-corrected chi connectivity index (χ0v) is 14.3. The maximum atomic E-state index is 12.4. The molecule has 0 saturated carbocycles. The molecule has 0 spiro atoms. The molecule has 0 bridgehead atoms. The van der Waals surface area contributed by atoms with Crippen molar-refractivity contribution in [3.8, 4) is 11.5 Å². The van der Waals surface area contributed by atoms with Crippen molar-refractivity contribution < 1.29 is 14.3 Å². The molecular formula is C21H24O3. The van der Waals surface area contributed by atoms with E-state index >= 15 is 0 Å². The van der Waals surface area contributed by atoms with Gasteiger partial charge in [0.25, 0.3) is 0 Å². The minimum atomic E-state index is -0.0535. The van der Waals surface area contributed by atoms with Crippen molar-refractivity contribution in [2.24, 2.45) is 0 Å². The van der Waals surface area contributed by atoms with E-state index in [1.807, 2.05) is 49.4 Å². The van der Waals surface area contributed by atoms with E-state index in [2.05, 4.69) is 6.92 Å². The van der Waals surface area contributed by atoms with Gasteiger partial charge in [-0.05, 0) is 42.7 Å². The molecule has 3 heteroatoms. The molecular weight excluding hydrogens is 300 g/mol. The number of ether oxygens (including phenoxy) is 2. The molecule has 0 amide bonds. The van der Waals surface area contributed by atoms with E-state index in [1.54, 1.807) is 18.2 Å². The Balaban J connectivity index is 2.16. The second kappa shape index (κ2) is 9.56. The summed E-state index contributed by atoms with van der Waals surface area (Å²) in [6.07, 6.45) is 5.23. The first-order valence-electron chi connectivity index (χ1n) is 8.41. The van der Waals surface area contributed by atoms with Crippen LogP contribution in [-0.2, 0) is 0 Å². The van der Waals surface area contributed by atoms with Crippen LogP contribution < -0.4 is 9.47 Å². The fourth-order valence-corrected chi connectivity index (χ4v) is 2.15. The lowest BCUT2D eigenvalue weighted by molar-refractivity contribution is 0.104. The summed E-state index contributed by atoms with van der Waals surface area (Å²) in [5.41, 5.74) is 1.59. The Labute approximate surface area is 143 Å². The molecule has 2 rings (SSSR count). The van der Waals surface area contributed by atoms with E-state index in [9.17, 15) is 4.79 Å². The molecule has 0 atom stereocenters. The lowest BCUT2D eigenvalue weighted by atomic mass is 10.1. The zero-order chi connectivity index (χ0) is 17.2. The van der Waals surface area contributed by atoms with Crippen molar-refractivity contribution in [3.05, 3.63) is 65.7 Å². The molecule has 0 unspecified atom stereocenters. The summed E-state index contributed by atoms with van der Waals surface area (Å²) in [4.78, 5) is 12.4. The topological polar surface area (TPSA) is 35.5 Å². The third-order valence-electron chi connectivity index (χ3n) is 3.38. The lowest BCUT2D eigenvalue weighted by Crippen LogP contribution is -2.03. The van der Waals surface area contributed by atoms with Gasteiger partial charge in [0, 0.05) is 5.56 Å². The van der Waals surface area contributed by atoms with Crippen molar-refractivity contribution in [2.75, 3.05) is 13.2 Å². The summed E-state index contributed by atoms with van der Waals surface area (Å²) in [5, 5.41) is 0. The predicted octanol–water partition coefficient (Wildman–Crippen LogP) is 5.16. The Kier molecular flexibility index (Phi) is 7.09.